The molecule has 2 aromatic rings. The molecule has 21 heavy (non-hydrogen) atoms. The molecular formula is C18H18O3. The zero-order valence-corrected chi connectivity index (χ0v) is 12.2. The molecule has 2 unspecified atom stereocenters. The van der Waals surface area contributed by atoms with Crippen LogP contribution in [0.2, 0.25) is 0 Å². The maximum Gasteiger partial charge on any atom is 0.321 e. The van der Waals surface area contributed by atoms with Crippen molar-refractivity contribution in [1.82, 2.24) is 0 Å². The third kappa shape index (κ3) is 3.78. The second-order valence-electron chi connectivity index (χ2n) is 4.94. The van der Waals surface area contributed by atoms with Gasteiger partial charge in [-0.2, -0.15) is 0 Å². The van der Waals surface area contributed by atoms with Gasteiger partial charge in [0.2, 0.25) is 0 Å². The molecule has 3 heteroatoms. The number of benzene rings is 2. The Morgan fingerprint density at radius 3 is 1.81 bits per heavy atom. The van der Waals surface area contributed by atoms with Crippen LogP contribution in [0, 0.1) is 0 Å². The summed E-state index contributed by atoms with van der Waals surface area (Å²) in [6, 6.07) is 18.4. The van der Waals surface area contributed by atoms with E-state index in [1.807, 2.05) is 36.4 Å². The zero-order valence-electron chi connectivity index (χ0n) is 12.2. The van der Waals surface area contributed by atoms with Crippen molar-refractivity contribution in [3.8, 4) is 0 Å². The molecule has 0 aromatic heterocycles. The number of hydrogen-bond donors (Lipinski definition) is 0. The molecule has 2 aromatic carbocycles. The molecule has 108 valence electrons. The molecule has 3 nitrogen and oxygen atoms in total. The highest BCUT2D eigenvalue weighted by Gasteiger charge is 2.28. The predicted molar refractivity (Wildman–Crippen MR) is 80.8 cm³/mol. The molecule has 0 aliphatic carbocycles. The molecule has 0 saturated carbocycles. The van der Waals surface area contributed by atoms with Gasteiger partial charge in [-0.05, 0) is 25.0 Å². The van der Waals surface area contributed by atoms with Crippen molar-refractivity contribution in [3.05, 3.63) is 71.8 Å². The highest BCUT2D eigenvalue weighted by atomic mass is 16.5. The second kappa shape index (κ2) is 6.84. The van der Waals surface area contributed by atoms with Crippen molar-refractivity contribution >= 4 is 11.8 Å². The van der Waals surface area contributed by atoms with Gasteiger partial charge in [0.25, 0.3) is 0 Å². The second-order valence-corrected chi connectivity index (χ2v) is 4.94. The number of rotatable bonds is 5. The molecule has 0 aliphatic heterocycles. The Morgan fingerprint density at radius 2 is 1.33 bits per heavy atom. The van der Waals surface area contributed by atoms with E-state index in [1.54, 1.807) is 31.2 Å². The first kappa shape index (κ1) is 15.0. The Labute approximate surface area is 124 Å². The number of ketones is 1. The average Bonchev–Trinajstić information content (AvgIpc) is 2.49. The van der Waals surface area contributed by atoms with Crippen LogP contribution >= 0.6 is 0 Å². The summed E-state index contributed by atoms with van der Waals surface area (Å²) >= 11 is 0. The molecule has 0 aliphatic rings. The van der Waals surface area contributed by atoms with E-state index in [4.69, 9.17) is 4.74 Å². The number of ether oxygens (including phenoxy) is 1. The standard InChI is InChI=1S/C18H18O3/c1-13(19)17(16-11-7-4-8-12-16)18(20)21-14(2)15-9-5-3-6-10-15/h3-12,14,17H,1-2H3. The van der Waals surface area contributed by atoms with E-state index in [2.05, 4.69) is 0 Å². The number of hydrogen-bond acceptors (Lipinski definition) is 3. The lowest BCUT2D eigenvalue weighted by Gasteiger charge is -2.18. The first-order chi connectivity index (χ1) is 10.1. The van der Waals surface area contributed by atoms with Gasteiger partial charge in [0.05, 0.1) is 0 Å². The lowest BCUT2D eigenvalue weighted by Crippen LogP contribution is -2.23. The Bertz CT molecular complexity index is 605. The quantitative estimate of drug-likeness (QED) is 0.621. The van der Waals surface area contributed by atoms with Crippen LogP contribution in [0.4, 0.5) is 0 Å². The van der Waals surface area contributed by atoms with Gasteiger partial charge in [-0.25, -0.2) is 0 Å². The molecule has 0 amide bonds. The molecule has 0 heterocycles. The third-order valence-corrected chi connectivity index (χ3v) is 3.34. The predicted octanol–water partition coefficient (Wildman–Crippen LogP) is 3.66. The van der Waals surface area contributed by atoms with E-state index in [-0.39, 0.29) is 11.9 Å². The van der Waals surface area contributed by atoms with Crippen molar-refractivity contribution < 1.29 is 14.3 Å². The zero-order chi connectivity index (χ0) is 15.2. The molecule has 0 saturated heterocycles. The van der Waals surface area contributed by atoms with E-state index in [9.17, 15) is 9.59 Å². The summed E-state index contributed by atoms with van der Waals surface area (Å²) in [6.07, 6.45) is -0.385. The molecule has 2 atom stereocenters. The van der Waals surface area contributed by atoms with Crippen molar-refractivity contribution in [2.75, 3.05) is 0 Å². The summed E-state index contributed by atoms with van der Waals surface area (Å²) < 4.78 is 5.45. The van der Waals surface area contributed by atoms with Crippen LogP contribution in [0.25, 0.3) is 0 Å². The van der Waals surface area contributed by atoms with Gasteiger partial charge in [-0.3, -0.25) is 9.59 Å². The largest absolute Gasteiger partial charge is 0.457 e. The van der Waals surface area contributed by atoms with Gasteiger partial charge in [0.1, 0.15) is 17.8 Å². The lowest BCUT2D eigenvalue weighted by molar-refractivity contribution is -0.152. The molecule has 0 bridgehead atoms. The van der Waals surface area contributed by atoms with Crippen molar-refractivity contribution in [2.45, 2.75) is 25.9 Å². The molecular weight excluding hydrogens is 264 g/mol. The minimum absolute atomic E-state index is 0.216. The number of Topliss-reactive ketones (excluding diaryl/α,β-unsaturated/α-hetero) is 1. The summed E-state index contributed by atoms with van der Waals surface area (Å²) in [7, 11) is 0. The summed E-state index contributed by atoms with van der Waals surface area (Å²) in [6.45, 7) is 3.21. The first-order valence-corrected chi connectivity index (χ1v) is 6.90. The number of carbonyl (C=O) groups is 2. The van der Waals surface area contributed by atoms with Crippen LogP contribution in [0.5, 0.6) is 0 Å². The fraction of sp³-hybridized carbons (Fsp3) is 0.222. The first-order valence-electron chi connectivity index (χ1n) is 6.90. The highest BCUT2D eigenvalue weighted by Crippen LogP contribution is 2.23. The monoisotopic (exact) mass is 282 g/mol. The van der Waals surface area contributed by atoms with Gasteiger partial charge < -0.3 is 4.74 Å². The van der Waals surface area contributed by atoms with E-state index >= 15 is 0 Å². The van der Waals surface area contributed by atoms with Crippen molar-refractivity contribution in [1.29, 1.82) is 0 Å². The molecule has 0 fully saturated rings. The van der Waals surface area contributed by atoms with Crippen LogP contribution < -0.4 is 0 Å². The summed E-state index contributed by atoms with van der Waals surface area (Å²) in [5.41, 5.74) is 1.57. The van der Waals surface area contributed by atoms with E-state index in [0.29, 0.717) is 5.56 Å². The summed E-state index contributed by atoms with van der Waals surface area (Å²) in [5, 5.41) is 0. The number of carbonyl (C=O) groups excluding carboxylic acids is 2. The van der Waals surface area contributed by atoms with E-state index in [1.165, 1.54) is 6.92 Å². The van der Waals surface area contributed by atoms with Crippen LogP contribution in [0.1, 0.15) is 37.0 Å². The average molecular weight is 282 g/mol. The minimum atomic E-state index is -0.864. The van der Waals surface area contributed by atoms with Gasteiger partial charge >= 0.3 is 5.97 Å². The van der Waals surface area contributed by atoms with Crippen LogP contribution in [-0.4, -0.2) is 11.8 Å². The summed E-state index contributed by atoms with van der Waals surface area (Å²) in [4.78, 5) is 24.1. The number of esters is 1. The highest BCUT2D eigenvalue weighted by molar-refractivity contribution is 6.03. The van der Waals surface area contributed by atoms with Crippen LogP contribution in [0.3, 0.4) is 0 Å². The Morgan fingerprint density at radius 1 is 0.857 bits per heavy atom. The van der Waals surface area contributed by atoms with E-state index in [0.717, 1.165) is 5.56 Å². The summed E-state index contributed by atoms with van der Waals surface area (Å²) in [5.74, 6) is -1.59. The lowest BCUT2D eigenvalue weighted by atomic mass is 9.95. The fourth-order valence-corrected chi connectivity index (χ4v) is 2.22. The maximum atomic E-state index is 12.3. The van der Waals surface area contributed by atoms with Gasteiger partial charge in [-0.15, -0.1) is 0 Å². The van der Waals surface area contributed by atoms with Crippen molar-refractivity contribution in [3.63, 3.8) is 0 Å². The SMILES string of the molecule is CC(=O)C(C(=O)OC(C)c1ccccc1)c1ccccc1. The molecule has 0 spiro atoms. The van der Waals surface area contributed by atoms with Gasteiger partial charge in [-0.1, -0.05) is 60.7 Å². The maximum absolute atomic E-state index is 12.3. The van der Waals surface area contributed by atoms with Crippen molar-refractivity contribution in [2.24, 2.45) is 0 Å². The van der Waals surface area contributed by atoms with Crippen LogP contribution in [-0.2, 0) is 14.3 Å². The fourth-order valence-electron chi connectivity index (χ4n) is 2.22. The Balaban J connectivity index is 2.15. The van der Waals surface area contributed by atoms with E-state index < -0.39 is 11.9 Å². The molecule has 0 radical (unpaired) electrons. The van der Waals surface area contributed by atoms with Gasteiger partial charge in [0.15, 0.2) is 0 Å². The Hall–Kier alpha value is -2.42. The normalized spacial score (nSPS) is 13.2. The smallest absolute Gasteiger partial charge is 0.321 e. The topological polar surface area (TPSA) is 43.4 Å². The molecule has 0 N–H and O–H groups in total. The Kier molecular flexibility index (Phi) is 4.88. The van der Waals surface area contributed by atoms with Crippen LogP contribution in [0.15, 0.2) is 60.7 Å². The van der Waals surface area contributed by atoms with Gasteiger partial charge in [0, 0.05) is 0 Å². The minimum Gasteiger partial charge on any atom is -0.457 e. The third-order valence-electron chi connectivity index (χ3n) is 3.34. The molecule has 2 rings (SSSR count).